The van der Waals surface area contributed by atoms with Gasteiger partial charge in [-0.05, 0) is 35.2 Å². The molecule has 24 heavy (non-hydrogen) atoms. The van der Waals surface area contributed by atoms with E-state index < -0.39 is 0 Å². The summed E-state index contributed by atoms with van der Waals surface area (Å²) in [7, 11) is 1.62. The lowest BCUT2D eigenvalue weighted by Crippen LogP contribution is -2.46. The summed E-state index contributed by atoms with van der Waals surface area (Å²) in [6.07, 6.45) is 0.805. The molecule has 5 nitrogen and oxygen atoms in total. The smallest absolute Gasteiger partial charge is 0.318 e. The van der Waals surface area contributed by atoms with Gasteiger partial charge in [0.05, 0.1) is 19.8 Å². The van der Waals surface area contributed by atoms with E-state index in [-0.39, 0.29) is 18.7 Å². The van der Waals surface area contributed by atoms with Crippen molar-refractivity contribution >= 4 is 6.03 Å². The van der Waals surface area contributed by atoms with Gasteiger partial charge in [-0.3, -0.25) is 0 Å². The first-order chi connectivity index (χ1) is 11.7. The molecule has 0 saturated carbocycles. The van der Waals surface area contributed by atoms with Crippen LogP contribution in [0.15, 0.2) is 48.5 Å². The fourth-order valence-electron chi connectivity index (χ4n) is 3.15. The van der Waals surface area contributed by atoms with E-state index in [0.717, 1.165) is 23.3 Å². The molecule has 1 aliphatic heterocycles. The molecule has 1 unspecified atom stereocenters. The second kappa shape index (κ2) is 7.36. The molecule has 0 aliphatic carbocycles. The average Bonchev–Trinajstić information content (AvgIpc) is 2.65. The van der Waals surface area contributed by atoms with Crippen molar-refractivity contribution in [3.63, 3.8) is 0 Å². The maximum atomic E-state index is 12.6. The van der Waals surface area contributed by atoms with Crippen molar-refractivity contribution in [1.29, 1.82) is 0 Å². The van der Waals surface area contributed by atoms with E-state index in [1.807, 2.05) is 42.5 Å². The number of urea groups is 1. The second-order valence-electron chi connectivity index (χ2n) is 5.85. The summed E-state index contributed by atoms with van der Waals surface area (Å²) in [5.41, 5.74) is 3.21. The van der Waals surface area contributed by atoms with E-state index in [9.17, 15) is 9.90 Å². The molecule has 1 aliphatic rings. The number of hydrogen-bond donors (Lipinski definition) is 2. The third kappa shape index (κ3) is 3.36. The van der Waals surface area contributed by atoms with Gasteiger partial charge in [0.15, 0.2) is 0 Å². The topological polar surface area (TPSA) is 61.8 Å². The molecule has 5 heteroatoms. The minimum absolute atomic E-state index is 0.0798. The van der Waals surface area contributed by atoms with Crippen molar-refractivity contribution in [3.8, 4) is 5.75 Å². The van der Waals surface area contributed by atoms with Crippen LogP contribution < -0.4 is 10.1 Å². The number of carbonyl (C=O) groups excluding carboxylic acids is 1. The Morgan fingerprint density at radius 3 is 2.92 bits per heavy atom. The highest BCUT2D eigenvalue weighted by atomic mass is 16.5. The van der Waals surface area contributed by atoms with Gasteiger partial charge in [0, 0.05) is 13.1 Å². The van der Waals surface area contributed by atoms with Gasteiger partial charge in [0.1, 0.15) is 5.75 Å². The molecule has 0 radical (unpaired) electrons. The Morgan fingerprint density at radius 1 is 1.29 bits per heavy atom. The number of methoxy groups -OCH3 is 1. The Hall–Kier alpha value is -2.53. The summed E-state index contributed by atoms with van der Waals surface area (Å²) >= 11 is 0. The Balaban J connectivity index is 1.68. The van der Waals surface area contributed by atoms with Gasteiger partial charge in [-0.25, -0.2) is 4.79 Å². The highest BCUT2D eigenvalue weighted by molar-refractivity contribution is 5.75. The number of ether oxygens (including phenoxy) is 1. The van der Waals surface area contributed by atoms with Crippen LogP contribution in [0.5, 0.6) is 5.75 Å². The normalized spacial score (nSPS) is 16.4. The number of amides is 2. The lowest BCUT2D eigenvalue weighted by molar-refractivity contribution is 0.126. The monoisotopic (exact) mass is 326 g/mol. The van der Waals surface area contributed by atoms with Gasteiger partial charge in [-0.15, -0.1) is 0 Å². The van der Waals surface area contributed by atoms with Crippen molar-refractivity contribution in [2.45, 2.75) is 19.0 Å². The first kappa shape index (κ1) is 16.3. The zero-order valence-electron chi connectivity index (χ0n) is 13.7. The van der Waals surface area contributed by atoms with E-state index >= 15 is 0 Å². The zero-order chi connectivity index (χ0) is 16.9. The minimum atomic E-state index is -0.291. The second-order valence-corrected chi connectivity index (χ2v) is 5.85. The van der Waals surface area contributed by atoms with Crippen LogP contribution in [0.1, 0.15) is 22.7 Å². The van der Waals surface area contributed by atoms with Crippen LogP contribution in [0.25, 0.3) is 0 Å². The largest absolute Gasteiger partial charge is 0.497 e. The van der Waals surface area contributed by atoms with E-state index in [0.29, 0.717) is 13.1 Å². The van der Waals surface area contributed by atoms with Crippen molar-refractivity contribution in [2.75, 3.05) is 20.3 Å². The Morgan fingerprint density at radius 2 is 2.12 bits per heavy atom. The number of benzene rings is 2. The van der Waals surface area contributed by atoms with Crippen molar-refractivity contribution < 1.29 is 14.6 Å². The predicted octanol–water partition coefficient (Wildman–Crippen LogP) is 2.50. The highest BCUT2D eigenvalue weighted by Gasteiger charge is 2.29. The van der Waals surface area contributed by atoms with Gasteiger partial charge >= 0.3 is 6.03 Å². The molecule has 2 N–H and O–H groups in total. The predicted molar refractivity (Wildman–Crippen MR) is 91.9 cm³/mol. The molecule has 2 aromatic rings. The van der Waals surface area contributed by atoms with Crippen LogP contribution in [0, 0.1) is 0 Å². The lowest BCUT2D eigenvalue weighted by Gasteiger charge is -2.36. The molecule has 2 amide bonds. The zero-order valence-corrected chi connectivity index (χ0v) is 13.7. The Labute approximate surface area is 141 Å². The minimum Gasteiger partial charge on any atom is -0.497 e. The number of hydrogen-bond acceptors (Lipinski definition) is 3. The van der Waals surface area contributed by atoms with E-state index in [1.165, 1.54) is 5.56 Å². The summed E-state index contributed by atoms with van der Waals surface area (Å²) in [6, 6.07) is 15.1. The number of rotatable bonds is 4. The molecule has 1 heterocycles. The standard InChI is InChI=1S/C19H22N2O3/c1-24-16-7-4-5-14(11-16)12-20-19(23)21-10-9-15-6-2-3-8-17(15)18(21)13-22/h2-8,11,18,22H,9-10,12-13H2,1H3,(H,20,23). The van der Waals surface area contributed by atoms with Gasteiger partial charge in [0.2, 0.25) is 0 Å². The molecule has 0 spiro atoms. The van der Waals surface area contributed by atoms with Crippen LogP contribution in [0.3, 0.4) is 0 Å². The number of nitrogens with zero attached hydrogens (tertiary/aromatic N) is 1. The van der Waals surface area contributed by atoms with Gasteiger partial charge in [0.25, 0.3) is 0 Å². The van der Waals surface area contributed by atoms with Crippen molar-refractivity contribution in [2.24, 2.45) is 0 Å². The molecule has 2 aromatic carbocycles. The molecule has 0 fully saturated rings. The summed E-state index contributed by atoms with van der Waals surface area (Å²) in [6.45, 7) is 0.947. The first-order valence-corrected chi connectivity index (χ1v) is 8.09. The van der Waals surface area contributed by atoms with Crippen LogP contribution >= 0.6 is 0 Å². The maximum absolute atomic E-state index is 12.6. The summed E-state index contributed by atoms with van der Waals surface area (Å²) in [5, 5.41) is 12.7. The van der Waals surface area contributed by atoms with E-state index in [1.54, 1.807) is 12.0 Å². The summed E-state index contributed by atoms with van der Waals surface area (Å²) < 4.78 is 5.20. The molecule has 0 aromatic heterocycles. The van der Waals surface area contributed by atoms with E-state index in [2.05, 4.69) is 11.4 Å². The van der Waals surface area contributed by atoms with Gasteiger partial charge in [-0.1, -0.05) is 36.4 Å². The molecule has 3 rings (SSSR count). The molecular weight excluding hydrogens is 304 g/mol. The Bertz CT molecular complexity index is 717. The Kier molecular flexibility index (Phi) is 5.01. The fraction of sp³-hybridized carbons (Fsp3) is 0.316. The highest BCUT2D eigenvalue weighted by Crippen LogP contribution is 2.29. The lowest BCUT2D eigenvalue weighted by atomic mass is 9.93. The summed E-state index contributed by atoms with van der Waals surface area (Å²) in [5.74, 6) is 0.766. The summed E-state index contributed by atoms with van der Waals surface area (Å²) in [4.78, 5) is 14.3. The quantitative estimate of drug-likeness (QED) is 0.907. The van der Waals surface area contributed by atoms with Crippen molar-refractivity contribution in [3.05, 3.63) is 65.2 Å². The number of aliphatic hydroxyl groups excluding tert-OH is 1. The molecule has 1 atom stereocenters. The van der Waals surface area contributed by atoms with Gasteiger partial charge in [-0.2, -0.15) is 0 Å². The van der Waals surface area contributed by atoms with Crippen LogP contribution in [0.4, 0.5) is 4.79 Å². The third-order valence-electron chi connectivity index (χ3n) is 4.42. The third-order valence-corrected chi connectivity index (χ3v) is 4.42. The molecule has 0 saturated heterocycles. The van der Waals surface area contributed by atoms with Gasteiger partial charge < -0.3 is 20.1 Å². The SMILES string of the molecule is COc1cccc(CNC(=O)N2CCc3ccccc3C2CO)c1. The number of fused-ring (bicyclic) bond motifs is 1. The molecular formula is C19H22N2O3. The fourth-order valence-corrected chi connectivity index (χ4v) is 3.15. The first-order valence-electron chi connectivity index (χ1n) is 8.09. The molecule has 126 valence electrons. The van der Waals surface area contributed by atoms with E-state index in [4.69, 9.17) is 4.74 Å². The maximum Gasteiger partial charge on any atom is 0.318 e. The van der Waals surface area contributed by atoms with Crippen LogP contribution in [-0.2, 0) is 13.0 Å². The van der Waals surface area contributed by atoms with Crippen LogP contribution in [0.2, 0.25) is 0 Å². The average molecular weight is 326 g/mol. The van der Waals surface area contributed by atoms with Crippen LogP contribution in [-0.4, -0.2) is 36.3 Å². The number of aliphatic hydroxyl groups is 1. The van der Waals surface area contributed by atoms with Crippen molar-refractivity contribution in [1.82, 2.24) is 10.2 Å². The number of nitrogens with one attached hydrogen (secondary N) is 1. The molecule has 0 bridgehead atoms. The number of carbonyl (C=O) groups is 1.